The van der Waals surface area contributed by atoms with Crippen LogP contribution in [0.5, 0.6) is 0 Å². The van der Waals surface area contributed by atoms with Crippen molar-refractivity contribution < 1.29 is 19.8 Å². The lowest BCUT2D eigenvalue weighted by atomic mass is 10.1. The highest BCUT2D eigenvalue weighted by Gasteiger charge is 1.96. The number of aliphatic carboxylic acids is 2. The van der Waals surface area contributed by atoms with Crippen molar-refractivity contribution in [3.05, 3.63) is 0 Å². The maximum atomic E-state index is 10.2. The first kappa shape index (κ1) is 24.2. The van der Waals surface area contributed by atoms with E-state index < -0.39 is 11.9 Å². The van der Waals surface area contributed by atoms with Crippen molar-refractivity contribution in [3.63, 3.8) is 0 Å². The molecule has 4 nitrogen and oxygen atoms in total. The summed E-state index contributed by atoms with van der Waals surface area (Å²) in [6, 6.07) is 0. The van der Waals surface area contributed by atoms with Gasteiger partial charge in [-0.1, -0.05) is 84.5 Å². The standard InChI is InChI=1S/C11H22O2.C8H16O2/c1-2-3-4-5-6-7-8-9-10-11(12)13;1-2-3-4-5-6-7-8(9)10/h2-10H2,1H3,(H,12,13);2-7H2,1H3,(H,9,10). The predicted molar refractivity (Wildman–Crippen MR) is 95.9 cm³/mol. The largest absolute Gasteiger partial charge is 0.481 e. The van der Waals surface area contributed by atoms with Crippen molar-refractivity contribution in [2.75, 3.05) is 0 Å². The van der Waals surface area contributed by atoms with Crippen molar-refractivity contribution in [1.82, 2.24) is 0 Å². The van der Waals surface area contributed by atoms with Gasteiger partial charge in [0.2, 0.25) is 0 Å². The number of unbranched alkanes of at least 4 members (excludes halogenated alkanes) is 11. The first-order valence-electron chi connectivity index (χ1n) is 9.48. The summed E-state index contributed by atoms with van der Waals surface area (Å²) >= 11 is 0. The van der Waals surface area contributed by atoms with Gasteiger partial charge >= 0.3 is 11.9 Å². The van der Waals surface area contributed by atoms with Gasteiger partial charge in [0.1, 0.15) is 0 Å². The average Bonchev–Trinajstić information content (AvgIpc) is 2.50. The minimum atomic E-state index is -0.670. The van der Waals surface area contributed by atoms with Gasteiger partial charge in [-0.25, -0.2) is 0 Å². The van der Waals surface area contributed by atoms with E-state index in [2.05, 4.69) is 13.8 Å². The molecule has 23 heavy (non-hydrogen) atoms. The van der Waals surface area contributed by atoms with E-state index in [1.165, 1.54) is 57.8 Å². The van der Waals surface area contributed by atoms with E-state index in [1.54, 1.807) is 0 Å². The number of hydrogen-bond acceptors (Lipinski definition) is 2. The summed E-state index contributed by atoms with van der Waals surface area (Å²) in [6.45, 7) is 4.37. The van der Waals surface area contributed by atoms with Gasteiger partial charge in [-0.2, -0.15) is 0 Å². The Kier molecular flexibility index (Phi) is 22.0. The third-order valence-corrected chi connectivity index (χ3v) is 3.74. The number of carbonyl (C=O) groups is 2. The summed E-state index contributed by atoms with van der Waals surface area (Å²) in [5.41, 5.74) is 0. The summed E-state index contributed by atoms with van der Waals surface area (Å²) in [4.78, 5) is 20.2. The van der Waals surface area contributed by atoms with Crippen molar-refractivity contribution >= 4 is 11.9 Å². The van der Waals surface area contributed by atoms with E-state index in [0.717, 1.165) is 25.7 Å². The van der Waals surface area contributed by atoms with E-state index >= 15 is 0 Å². The van der Waals surface area contributed by atoms with Gasteiger partial charge in [0, 0.05) is 12.8 Å². The minimum absolute atomic E-state index is 0.337. The summed E-state index contributed by atoms with van der Waals surface area (Å²) < 4.78 is 0. The number of carboxylic acid groups (broad SMARTS) is 2. The van der Waals surface area contributed by atoms with Gasteiger partial charge in [0.15, 0.2) is 0 Å². The SMILES string of the molecule is CCCCCCCC(=O)O.CCCCCCCCCCC(=O)O. The molecule has 0 aliphatic carbocycles. The molecule has 0 aromatic carbocycles. The summed E-state index contributed by atoms with van der Waals surface area (Å²) in [7, 11) is 0. The Bertz CT molecular complexity index is 264. The van der Waals surface area contributed by atoms with Crippen LogP contribution in [0.4, 0.5) is 0 Å². The molecule has 0 radical (unpaired) electrons. The van der Waals surface area contributed by atoms with Crippen LogP contribution in [0.15, 0.2) is 0 Å². The van der Waals surface area contributed by atoms with Crippen LogP contribution in [-0.4, -0.2) is 22.2 Å². The van der Waals surface area contributed by atoms with Gasteiger partial charge in [-0.15, -0.1) is 0 Å². The molecule has 4 heteroatoms. The molecule has 0 atom stereocenters. The lowest BCUT2D eigenvalue weighted by molar-refractivity contribution is -0.138. The first-order chi connectivity index (χ1) is 11.0. The second kappa shape index (κ2) is 20.9. The lowest BCUT2D eigenvalue weighted by Gasteiger charge is -1.99. The quantitative estimate of drug-likeness (QED) is 0.359. The van der Waals surface area contributed by atoms with Gasteiger partial charge in [0.05, 0.1) is 0 Å². The average molecular weight is 331 g/mol. The van der Waals surface area contributed by atoms with Gasteiger partial charge in [-0.05, 0) is 12.8 Å². The molecule has 0 spiro atoms. The fraction of sp³-hybridized carbons (Fsp3) is 0.895. The second-order valence-electron chi connectivity index (χ2n) is 6.18. The molecule has 138 valence electrons. The highest BCUT2D eigenvalue weighted by atomic mass is 16.4. The van der Waals surface area contributed by atoms with Crippen LogP contribution in [0.2, 0.25) is 0 Å². The maximum absolute atomic E-state index is 10.2. The smallest absolute Gasteiger partial charge is 0.303 e. The summed E-state index contributed by atoms with van der Waals surface area (Å²) in [6.07, 6.45) is 15.9. The Labute approximate surface area is 142 Å². The van der Waals surface area contributed by atoms with E-state index in [4.69, 9.17) is 10.2 Å². The maximum Gasteiger partial charge on any atom is 0.303 e. The Morgan fingerprint density at radius 2 is 0.783 bits per heavy atom. The monoisotopic (exact) mass is 330 g/mol. The predicted octanol–water partition coefficient (Wildman–Crippen LogP) is 6.03. The molecular formula is C19H38O4. The van der Waals surface area contributed by atoms with Crippen molar-refractivity contribution in [2.24, 2.45) is 0 Å². The molecule has 0 bridgehead atoms. The zero-order valence-corrected chi connectivity index (χ0v) is 15.3. The zero-order chi connectivity index (χ0) is 17.8. The first-order valence-corrected chi connectivity index (χ1v) is 9.48. The van der Waals surface area contributed by atoms with Crippen molar-refractivity contribution in [3.8, 4) is 0 Å². The van der Waals surface area contributed by atoms with Crippen LogP contribution in [0, 0.1) is 0 Å². The lowest BCUT2D eigenvalue weighted by Crippen LogP contribution is -1.93. The highest BCUT2D eigenvalue weighted by Crippen LogP contribution is 2.09. The Morgan fingerprint density at radius 1 is 0.522 bits per heavy atom. The molecular weight excluding hydrogens is 292 g/mol. The summed E-state index contributed by atoms with van der Waals surface area (Å²) in [5, 5.41) is 16.7. The van der Waals surface area contributed by atoms with Gasteiger partial charge < -0.3 is 10.2 Å². The number of hydrogen-bond donors (Lipinski definition) is 2. The van der Waals surface area contributed by atoms with Crippen LogP contribution in [0.25, 0.3) is 0 Å². The molecule has 0 amide bonds. The molecule has 0 heterocycles. The van der Waals surface area contributed by atoms with E-state index in [1.807, 2.05) is 0 Å². The second-order valence-corrected chi connectivity index (χ2v) is 6.18. The van der Waals surface area contributed by atoms with Crippen molar-refractivity contribution in [2.45, 2.75) is 110 Å². The third-order valence-electron chi connectivity index (χ3n) is 3.74. The van der Waals surface area contributed by atoms with Crippen LogP contribution in [0.3, 0.4) is 0 Å². The normalized spacial score (nSPS) is 10.0. The molecule has 0 aliphatic rings. The minimum Gasteiger partial charge on any atom is -0.481 e. The number of rotatable bonds is 15. The molecule has 0 unspecified atom stereocenters. The molecule has 0 aromatic rings. The van der Waals surface area contributed by atoms with Crippen LogP contribution in [0.1, 0.15) is 110 Å². The Morgan fingerprint density at radius 3 is 1.04 bits per heavy atom. The zero-order valence-electron chi connectivity index (χ0n) is 15.3. The van der Waals surface area contributed by atoms with Crippen LogP contribution in [-0.2, 0) is 9.59 Å². The topological polar surface area (TPSA) is 74.6 Å². The van der Waals surface area contributed by atoms with Crippen LogP contribution >= 0.6 is 0 Å². The molecule has 0 fully saturated rings. The van der Waals surface area contributed by atoms with Crippen molar-refractivity contribution in [1.29, 1.82) is 0 Å². The molecule has 2 N–H and O–H groups in total. The highest BCUT2D eigenvalue weighted by molar-refractivity contribution is 5.66. The molecule has 0 aromatic heterocycles. The molecule has 0 saturated carbocycles. The number of carboxylic acids is 2. The third kappa shape index (κ3) is 29.6. The van der Waals surface area contributed by atoms with E-state index in [-0.39, 0.29) is 0 Å². The molecule has 0 aliphatic heterocycles. The molecule has 0 saturated heterocycles. The summed E-state index contributed by atoms with van der Waals surface area (Å²) in [5.74, 6) is -1.33. The van der Waals surface area contributed by atoms with E-state index in [0.29, 0.717) is 12.8 Å². The van der Waals surface area contributed by atoms with Gasteiger partial charge in [-0.3, -0.25) is 9.59 Å². The van der Waals surface area contributed by atoms with Gasteiger partial charge in [0.25, 0.3) is 0 Å². The Balaban J connectivity index is 0. The van der Waals surface area contributed by atoms with E-state index in [9.17, 15) is 9.59 Å². The fourth-order valence-corrected chi connectivity index (χ4v) is 2.29. The molecule has 0 rings (SSSR count). The Hall–Kier alpha value is -1.06. The fourth-order valence-electron chi connectivity index (χ4n) is 2.29. The van der Waals surface area contributed by atoms with Crippen LogP contribution < -0.4 is 0 Å².